The van der Waals surface area contributed by atoms with Crippen molar-refractivity contribution in [1.29, 1.82) is 0 Å². The van der Waals surface area contributed by atoms with Gasteiger partial charge in [-0.2, -0.15) is 0 Å². The first-order chi connectivity index (χ1) is 15.2. The number of nitrogens with zero attached hydrogens (tertiary/aromatic N) is 2. The molecule has 0 radical (unpaired) electrons. The van der Waals surface area contributed by atoms with Gasteiger partial charge in [0.25, 0.3) is 0 Å². The molecule has 0 spiro atoms. The number of hydrogen-bond acceptors (Lipinski definition) is 6. The van der Waals surface area contributed by atoms with E-state index in [1.807, 2.05) is 0 Å². The molecule has 1 aromatic heterocycles. The summed E-state index contributed by atoms with van der Waals surface area (Å²) >= 11 is 0. The maximum absolute atomic E-state index is 12.0. The number of nitrogens with one attached hydrogen (secondary N) is 1. The van der Waals surface area contributed by atoms with Crippen molar-refractivity contribution in [3.05, 3.63) is 77.6 Å². The Bertz CT molecular complexity index is 1110. The summed E-state index contributed by atoms with van der Waals surface area (Å²) in [5.41, 5.74) is 6.21. The van der Waals surface area contributed by atoms with E-state index < -0.39 is 0 Å². The SMILES string of the molecule is COC(=O)c1ccncc1NCC1CCOc2cc(N3CCc4ccccc43)ccc21. The van der Waals surface area contributed by atoms with E-state index in [-0.39, 0.29) is 11.9 Å². The summed E-state index contributed by atoms with van der Waals surface area (Å²) in [4.78, 5) is 18.5. The molecule has 3 heterocycles. The second kappa shape index (κ2) is 8.30. The number of methoxy groups -OCH3 is 1. The smallest absolute Gasteiger partial charge is 0.340 e. The Morgan fingerprint density at radius 3 is 3.06 bits per heavy atom. The molecule has 31 heavy (non-hydrogen) atoms. The summed E-state index contributed by atoms with van der Waals surface area (Å²) in [6.07, 6.45) is 5.24. The quantitative estimate of drug-likeness (QED) is 0.617. The number of aromatic nitrogens is 1. The van der Waals surface area contributed by atoms with Crippen LogP contribution in [-0.4, -0.2) is 37.8 Å². The molecule has 2 aliphatic rings. The zero-order valence-electron chi connectivity index (χ0n) is 17.5. The third-order valence-corrected chi connectivity index (χ3v) is 6.12. The van der Waals surface area contributed by atoms with Crippen LogP contribution in [0.2, 0.25) is 0 Å². The number of pyridine rings is 1. The molecule has 0 amide bonds. The summed E-state index contributed by atoms with van der Waals surface area (Å²) in [5.74, 6) is 0.862. The molecule has 2 aliphatic heterocycles. The first-order valence-corrected chi connectivity index (χ1v) is 10.6. The standard InChI is InChI=1S/C25H25N3O3/c1-30-25(29)21-8-11-26-16-22(21)27-15-18-10-13-31-24-14-19(6-7-20(18)24)28-12-9-17-4-2-3-5-23(17)28/h2-8,11,14,16,18,27H,9-10,12-13,15H2,1H3. The van der Waals surface area contributed by atoms with Crippen molar-refractivity contribution in [1.82, 2.24) is 4.98 Å². The van der Waals surface area contributed by atoms with Crippen LogP contribution in [0.25, 0.3) is 0 Å². The minimum absolute atomic E-state index is 0.286. The molecular weight excluding hydrogens is 390 g/mol. The minimum Gasteiger partial charge on any atom is -0.493 e. The fourth-order valence-corrected chi connectivity index (χ4v) is 4.49. The van der Waals surface area contributed by atoms with Gasteiger partial charge < -0.3 is 19.7 Å². The lowest BCUT2D eigenvalue weighted by Gasteiger charge is -2.28. The second-order valence-corrected chi connectivity index (χ2v) is 7.88. The molecule has 1 unspecified atom stereocenters. The van der Waals surface area contributed by atoms with Gasteiger partial charge in [0.15, 0.2) is 0 Å². The first kappa shape index (κ1) is 19.4. The lowest BCUT2D eigenvalue weighted by atomic mass is 9.92. The van der Waals surface area contributed by atoms with Gasteiger partial charge in [-0.1, -0.05) is 24.3 Å². The minimum atomic E-state index is -0.368. The van der Waals surface area contributed by atoms with Crippen molar-refractivity contribution in [3.8, 4) is 5.75 Å². The fraction of sp³-hybridized carbons (Fsp3) is 0.280. The Labute approximate surface area is 181 Å². The van der Waals surface area contributed by atoms with E-state index in [1.54, 1.807) is 18.5 Å². The van der Waals surface area contributed by atoms with Gasteiger partial charge in [-0.25, -0.2) is 4.79 Å². The van der Waals surface area contributed by atoms with Crippen molar-refractivity contribution in [2.45, 2.75) is 18.8 Å². The average molecular weight is 415 g/mol. The number of benzene rings is 2. The monoisotopic (exact) mass is 415 g/mol. The Balaban J connectivity index is 1.35. The molecule has 6 nitrogen and oxygen atoms in total. The van der Waals surface area contributed by atoms with Gasteiger partial charge >= 0.3 is 5.97 Å². The summed E-state index contributed by atoms with van der Waals surface area (Å²) in [7, 11) is 1.39. The molecule has 1 N–H and O–H groups in total. The van der Waals surface area contributed by atoms with Gasteiger partial charge in [0, 0.05) is 42.6 Å². The number of hydrogen-bond donors (Lipinski definition) is 1. The van der Waals surface area contributed by atoms with Gasteiger partial charge in [0.1, 0.15) is 5.75 Å². The van der Waals surface area contributed by atoms with E-state index in [4.69, 9.17) is 9.47 Å². The topological polar surface area (TPSA) is 63.7 Å². The maximum Gasteiger partial charge on any atom is 0.340 e. The highest BCUT2D eigenvalue weighted by Gasteiger charge is 2.25. The van der Waals surface area contributed by atoms with Gasteiger partial charge in [0.05, 0.1) is 31.2 Å². The van der Waals surface area contributed by atoms with Crippen LogP contribution < -0.4 is 15.0 Å². The van der Waals surface area contributed by atoms with E-state index >= 15 is 0 Å². The molecular formula is C25H25N3O3. The summed E-state index contributed by atoms with van der Waals surface area (Å²) in [6, 6.07) is 16.8. The van der Waals surface area contributed by atoms with Gasteiger partial charge in [-0.3, -0.25) is 4.98 Å². The summed E-state index contributed by atoms with van der Waals surface area (Å²) in [5, 5.41) is 3.39. The van der Waals surface area contributed by atoms with E-state index in [0.29, 0.717) is 24.4 Å². The predicted molar refractivity (Wildman–Crippen MR) is 121 cm³/mol. The lowest BCUT2D eigenvalue weighted by molar-refractivity contribution is 0.0601. The third-order valence-electron chi connectivity index (χ3n) is 6.12. The first-order valence-electron chi connectivity index (χ1n) is 10.6. The molecule has 158 valence electrons. The Morgan fingerprint density at radius 2 is 2.16 bits per heavy atom. The van der Waals surface area contributed by atoms with Crippen molar-refractivity contribution in [2.75, 3.05) is 37.0 Å². The highest BCUT2D eigenvalue weighted by atomic mass is 16.5. The van der Waals surface area contributed by atoms with Crippen LogP contribution >= 0.6 is 0 Å². The molecule has 0 bridgehead atoms. The predicted octanol–water partition coefficient (Wildman–Crippen LogP) is 4.54. The van der Waals surface area contributed by atoms with Crippen molar-refractivity contribution in [2.24, 2.45) is 0 Å². The van der Waals surface area contributed by atoms with Gasteiger partial charge in [-0.15, -0.1) is 0 Å². The highest BCUT2D eigenvalue weighted by Crippen LogP contribution is 2.40. The summed E-state index contributed by atoms with van der Waals surface area (Å²) < 4.78 is 10.9. The van der Waals surface area contributed by atoms with Gasteiger partial charge in [-0.05, 0) is 42.2 Å². The molecule has 1 atom stereocenters. The molecule has 3 aromatic rings. The normalized spacial score (nSPS) is 16.8. The molecule has 2 aromatic carbocycles. The number of para-hydroxylation sites is 1. The van der Waals surface area contributed by atoms with Crippen LogP contribution in [0.1, 0.15) is 33.8 Å². The second-order valence-electron chi connectivity index (χ2n) is 7.88. The highest BCUT2D eigenvalue weighted by molar-refractivity contribution is 5.95. The van der Waals surface area contributed by atoms with E-state index in [9.17, 15) is 4.79 Å². The summed E-state index contributed by atoms with van der Waals surface area (Å²) in [6.45, 7) is 2.36. The number of rotatable bonds is 5. The number of anilines is 3. The largest absolute Gasteiger partial charge is 0.493 e. The number of esters is 1. The molecule has 5 rings (SSSR count). The number of carbonyl (C=O) groups is 1. The van der Waals surface area contributed by atoms with Crippen molar-refractivity contribution >= 4 is 23.0 Å². The third kappa shape index (κ3) is 3.69. The lowest BCUT2D eigenvalue weighted by Crippen LogP contribution is -2.22. The van der Waals surface area contributed by atoms with Gasteiger partial charge in [0.2, 0.25) is 0 Å². The number of fused-ring (bicyclic) bond motifs is 2. The zero-order chi connectivity index (χ0) is 21.2. The Kier molecular flexibility index (Phi) is 5.20. The van der Waals surface area contributed by atoms with Crippen LogP contribution in [0.15, 0.2) is 60.9 Å². The van der Waals surface area contributed by atoms with Crippen LogP contribution in [0.4, 0.5) is 17.1 Å². The zero-order valence-corrected chi connectivity index (χ0v) is 17.5. The number of carbonyl (C=O) groups excluding carboxylic acids is 1. The van der Waals surface area contributed by atoms with Crippen LogP contribution in [0.5, 0.6) is 5.75 Å². The molecule has 0 saturated carbocycles. The fourth-order valence-electron chi connectivity index (χ4n) is 4.49. The van der Waals surface area contributed by atoms with E-state index in [0.717, 1.165) is 30.8 Å². The average Bonchev–Trinajstić information content (AvgIpc) is 3.26. The van der Waals surface area contributed by atoms with E-state index in [2.05, 4.69) is 57.7 Å². The van der Waals surface area contributed by atoms with E-state index in [1.165, 1.54) is 23.9 Å². The molecule has 0 aliphatic carbocycles. The number of ether oxygens (including phenoxy) is 2. The Morgan fingerprint density at radius 1 is 1.26 bits per heavy atom. The molecule has 6 heteroatoms. The molecule has 0 fully saturated rings. The van der Waals surface area contributed by atoms with Crippen LogP contribution in [0.3, 0.4) is 0 Å². The van der Waals surface area contributed by atoms with Crippen LogP contribution in [-0.2, 0) is 11.2 Å². The molecule has 0 saturated heterocycles. The Hall–Kier alpha value is -3.54. The van der Waals surface area contributed by atoms with Crippen molar-refractivity contribution in [3.63, 3.8) is 0 Å². The van der Waals surface area contributed by atoms with Crippen molar-refractivity contribution < 1.29 is 14.3 Å². The van der Waals surface area contributed by atoms with Crippen LogP contribution in [0, 0.1) is 0 Å². The maximum atomic E-state index is 12.0.